The molecule has 192 valence electrons. The first-order valence-corrected chi connectivity index (χ1v) is 10.4. The highest BCUT2D eigenvalue weighted by molar-refractivity contribution is 5.83. The van der Waals surface area contributed by atoms with E-state index >= 15 is 0 Å². The van der Waals surface area contributed by atoms with Crippen LogP contribution in [0.4, 0.5) is 0 Å². The molecule has 1 heterocycles. The van der Waals surface area contributed by atoms with Crippen molar-refractivity contribution in [3.8, 4) is 0 Å². The van der Waals surface area contributed by atoms with Crippen LogP contribution in [0.1, 0.15) is 34.1 Å². The number of rotatable bonds is 10. The first kappa shape index (κ1) is 28.8. The standard InChI is InChI=1S/C20H32N4O10/c1-8(25)24-15-16(12(19(22)29)6-13(21)20(30)23-5)34-14(7-31-9(2)26)17(32-10(3)27)18(15)33-11(4)28/h12-18H,6-7,21H2,1-5H3,(H2,22,29)(H,23,30)(H,24,25)/t12?,13-,14+,15-,16+,17+,18+/m0/s1. The van der Waals surface area contributed by atoms with E-state index in [1.165, 1.54) is 14.0 Å². The molecular formula is C20H32N4O10. The van der Waals surface area contributed by atoms with Crippen molar-refractivity contribution in [3.63, 3.8) is 0 Å². The molecule has 1 saturated heterocycles. The molecule has 6 N–H and O–H groups in total. The summed E-state index contributed by atoms with van der Waals surface area (Å²) in [6.45, 7) is 4.06. The number of nitrogens with one attached hydrogen (secondary N) is 2. The third-order valence-electron chi connectivity index (χ3n) is 5.01. The van der Waals surface area contributed by atoms with Crippen LogP contribution in [0.5, 0.6) is 0 Å². The first-order valence-electron chi connectivity index (χ1n) is 10.4. The van der Waals surface area contributed by atoms with E-state index in [1.54, 1.807) is 0 Å². The Bertz CT molecular complexity index is 804. The summed E-state index contributed by atoms with van der Waals surface area (Å²) in [5.41, 5.74) is 11.5. The van der Waals surface area contributed by atoms with Gasteiger partial charge in [0, 0.05) is 34.7 Å². The second-order valence-electron chi connectivity index (χ2n) is 7.78. The predicted molar refractivity (Wildman–Crippen MR) is 113 cm³/mol. The Morgan fingerprint density at radius 1 is 0.941 bits per heavy atom. The van der Waals surface area contributed by atoms with Gasteiger partial charge >= 0.3 is 17.9 Å². The van der Waals surface area contributed by atoms with Gasteiger partial charge in [0.1, 0.15) is 12.7 Å². The zero-order valence-electron chi connectivity index (χ0n) is 19.7. The summed E-state index contributed by atoms with van der Waals surface area (Å²) < 4.78 is 21.6. The maximum atomic E-state index is 12.4. The Kier molecular flexibility index (Phi) is 10.9. The lowest BCUT2D eigenvalue weighted by Crippen LogP contribution is -2.68. The number of hydrogen-bond donors (Lipinski definition) is 4. The van der Waals surface area contributed by atoms with Crippen molar-refractivity contribution in [2.24, 2.45) is 17.4 Å². The minimum atomic E-state index is -1.36. The molecule has 14 nitrogen and oxygen atoms in total. The van der Waals surface area contributed by atoms with Crippen LogP contribution in [-0.4, -0.2) is 85.8 Å². The highest BCUT2D eigenvalue weighted by Crippen LogP contribution is 2.32. The van der Waals surface area contributed by atoms with Crippen LogP contribution in [0.25, 0.3) is 0 Å². The van der Waals surface area contributed by atoms with Gasteiger partial charge in [-0.3, -0.25) is 28.8 Å². The van der Waals surface area contributed by atoms with Crippen LogP contribution in [0, 0.1) is 5.92 Å². The predicted octanol–water partition coefficient (Wildman–Crippen LogP) is -2.75. The molecule has 0 bridgehead atoms. The van der Waals surface area contributed by atoms with Crippen LogP contribution in [0.15, 0.2) is 0 Å². The van der Waals surface area contributed by atoms with Gasteiger partial charge in [-0.1, -0.05) is 0 Å². The second-order valence-corrected chi connectivity index (χ2v) is 7.78. The average molecular weight is 488 g/mol. The number of nitrogens with two attached hydrogens (primary N) is 2. The third-order valence-corrected chi connectivity index (χ3v) is 5.01. The number of primary amides is 1. The maximum Gasteiger partial charge on any atom is 0.303 e. The third kappa shape index (κ3) is 8.26. The van der Waals surface area contributed by atoms with Crippen molar-refractivity contribution >= 4 is 35.6 Å². The Labute approximate surface area is 196 Å². The van der Waals surface area contributed by atoms with E-state index in [1.807, 2.05) is 0 Å². The number of carbonyl (C=O) groups excluding carboxylic acids is 6. The molecule has 1 aliphatic heterocycles. The fraction of sp³-hybridized carbons (Fsp3) is 0.700. The van der Waals surface area contributed by atoms with E-state index in [-0.39, 0.29) is 6.42 Å². The molecule has 0 aliphatic carbocycles. The maximum absolute atomic E-state index is 12.4. The van der Waals surface area contributed by atoms with Gasteiger partial charge < -0.3 is 41.0 Å². The van der Waals surface area contributed by atoms with Gasteiger partial charge in [-0.15, -0.1) is 0 Å². The fourth-order valence-corrected chi connectivity index (χ4v) is 3.69. The topological polar surface area (TPSA) is 215 Å². The van der Waals surface area contributed by atoms with Gasteiger partial charge in [0.05, 0.1) is 24.1 Å². The lowest BCUT2D eigenvalue weighted by Gasteiger charge is -2.47. The summed E-state index contributed by atoms with van der Waals surface area (Å²) in [5.74, 6) is -5.59. The summed E-state index contributed by atoms with van der Waals surface area (Å²) >= 11 is 0. The molecule has 1 fully saturated rings. The van der Waals surface area contributed by atoms with Crippen LogP contribution in [0.3, 0.4) is 0 Å². The fourth-order valence-electron chi connectivity index (χ4n) is 3.69. The number of ether oxygens (including phenoxy) is 4. The van der Waals surface area contributed by atoms with E-state index in [2.05, 4.69) is 10.6 Å². The first-order chi connectivity index (χ1) is 15.8. The largest absolute Gasteiger partial charge is 0.463 e. The van der Waals surface area contributed by atoms with Gasteiger partial charge in [-0.25, -0.2) is 0 Å². The summed E-state index contributed by atoms with van der Waals surface area (Å²) in [4.78, 5) is 71.4. The van der Waals surface area contributed by atoms with E-state index in [0.717, 1.165) is 20.8 Å². The van der Waals surface area contributed by atoms with Crippen molar-refractivity contribution in [2.75, 3.05) is 13.7 Å². The van der Waals surface area contributed by atoms with E-state index in [4.69, 9.17) is 30.4 Å². The van der Waals surface area contributed by atoms with Crippen molar-refractivity contribution in [1.82, 2.24) is 10.6 Å². The molecule has 0 radical (unpaired) electrons. The lowest BCUT2D eigenvalue weighted by molar-refractivity contribution is -0.230. The zero-order valence-corrected chi connectivity index (χ0v) is 19.7. The van der Waals surface area contributed by atoms with Gasteiger partial charge in [0.25, 0.3) is 0 Å². The number of esters is 3. The van der Waals surface area contributed by atoms with Gasteiger partial charge in [0.15, 0.2) is 12.2 Å². The molecule has 1 aliphatic rings. The molecule has 0 aromatic heterocycles. The molecule has 3 amide bonds. The zero-order chi connectivity index (χ0) is 26.2. The number of likely N-dealkylation sites (N-methyl/N-ethyl adjacent to an activating group) is 1. The molecule has 0 aromatic carbocycles. The van der Waals surface area contributed by atoms with Gasteiger partial charge in [0.2, 0.25) is 17.7 Å². The van der Waals surface area contributed by atoms with E-state index < -0.39 is 84.7 Å². The number of amides is 3. The average Bonchev–Trinajstić information content (AvgIpc) is 2.71. The number of carbonyl (C=O) groups is 6. The Hall–Kier alpha value is -3.26. The molecule has 0 saturated carbocycles. The van der Waals surface area contributed by atoms with Crippen molar-refractivity contribution < 1.29 is 47.7 Å². The molecule has 1 unspecified atom stereocenters. The summed E-state index contributed by atoms with van der Waals surface area (Å²) in [7, 11) is 1.36. The van der Waals surface area contributed by atoms with Crippen LogP contribution >= 0.6 is 0 Å². The normalized spacial score (nSPS) is 25.8. The summed E-state index contributed by atoms with van der Waals surface area (Å²) in [5, 5.41) is 4.89. The van der Waals surface area contributed by atoms with Crippen LogP contribution in [0.2, 0.25) is 0 Å². The molecule has 0 spiro atoms. The van der Waals surface area contributed by atoms with Crippen LogP contribution in [-0.2, 0) is 47.7 Å². The smallest absolute Gasteiger partial charge is 0.303 e. The molecular weight excluding hydrogens is 456 g/mol. The molecule has 14 heteroatoms. The number of hydrogen-bond acceptors (Lipinski definition) is 11. The minimum absolute atomic E-state index is 0.291. The highest BCUT2D eigenvalue weighted by atomic mass is 16.6. The molecule has 0 aromatic rings. The molecule has 7 atom stereocenters. The summed E-state index contributed by atoms with van der Waals surface area (Å²) in [6, 6.07) is -2.41. The monoisotopic (exact) mass is 488 g/mol. The summed E-state index contributed by atoms with van der Waals surface area (Å²) in [6.07, 6.45) is -5.49. The van der Waals surface area contributed by atoms with Gasteiger partial charge in [-0.05, 0) is 6.42 Å². The molecule has 1 rings (SSSR count). The quantitative estimate of drug-likeness (QED) is 0.182. The van der Waals surface area contributed by atoms with Crippen LogP contribution < -0.4 is 22.1 Å². The van der Waals surface area contributed by atoms with E-state index in [0.29, 0.717) is 0 Å². The second kappa shape index (κ2) is 12.8. The Balaban J connectivity index is 3.56. The highest BCUT2D eigenvalue weighted by Gasteiger charge is 2.53. The van der Waals surface area contributed by atoms with Crippen molar-refractivity contribution in [2.45, 2.75) is 70.6 Å². The Morgan fingerprint density at radius 2 is 1.50 bits per heavy atom. The minimum Gasteiger partial charge on any atom is -0.463 e. The SMILES string of the molecule is CNC(=O)[C@@H](N)CC(C(N)=O)[C@H]1O[C@H](COC(C)=O)[C@@H](OC(C)=O)[C@H](OC(C)=O)[C@H]1NC(C)=O. The van der Waals surface area contributed by atoms with Crippen molar-refractivity contribution in [1.29, 1.82) is 0 Å². The van der Waals surface area contributed by atoms with Gasteiger partial charge in [-0.2, -0.15) is 0 Å². The lowest BCUT2D eigenvalue weighted by atomic mass is 9.82. The van der Waals surface area contributed by atoms with Crippen molar-refractivity contribution in [3.05, 3.63) is 0 Å². The van der Waals surface area contributed by atoms with E-state index in [9.17, 15) is 28.8 Å². The molecule has 34 heavy (non-hydrogen) atoms. The Morgan fingerprint density at radius 3 is 1.94 bits per heavy atom.